The maximum absolute atomic E-state index is 13.1. The summed E-state index contributed by atoms with van der Waals surface area (Å²) in [5.41, 5.74) is 0. The number of phosphoric acid groups is 2. The molecule has 570 valence electrons. The lowest BCUT2D eigenvalue weighted by atomic mass is 10.1. The first-order chi connectivity index (χ1) is 48.7. The highest BCUT2D eigenvalue weighted by molar-refractivity contribution is 7.47. The van der Waals surface area contributed by atoms with E-state index < -0.39 is 97.5 Å². The van der Waals surface area contributed by atoms with Crippen LogP contribution >= 0.6 is 15.6 Å². The van der Waals surface area contributed by atoms with Gasteiger partial charge in [-0.2, -0.15) is 0 Å². The Bertz CT molecular complexity index is 2470. The average molecular weight is 1440 g/mol. The van der Waals surface area contributed by atoms with Crippen LogP contribution in [0.1, 0.15) is 285 Å². The van der Waals surface area contributed by atoms with Crippen molar-refractivity contribution in [2.24, 2.45) is 0 Å². The van der Waals surface area contributed by atoms with Crippen molar-refractivity contribution >= 4 is 39.5 Å². The topological polar surface area (TPSA) is 237 Å². The predicted octanol–water partition coefficient (Wildman–Crippen LogP) is 21.9. The molecule has 0 saturated carbocycles. The number of ether oxygens (including phenoxy) is 4. The zero-order chi connectivity index (χ0) is 73.2. The number of esters is 4. The average Bonchev–Trinajstić information content (AvgIpc) is 0.953. The fourth-order valence-corrected chi connectivity index (χ4v) is 11.1. The number of rotatable bonds is 70. The van der Waals surface area contributed by atoms with E-state index in [1.807, 2.05) is 18.2 Å². The third kappa shape index (κ3) is 71.3. The van der Waals surface area contributed by atoms with Crippen LogP contribution in [0.15, 0.2) is 146 Å². The standard InChI is InChI=1S/C81H134O17P2/c1-5-9-13-17-21-25-29-31-33-35-37-39-41-43-47-49-53-57-61-65-78(83)91-71-76(97-80(85)67-63-59-55-51-45-27-23-19-15-11-7-3)73-95-99(87,88)93-69-75(82)70-94-100(89,90)96-74-77(98-81(86)68-64-60-56-52-46-28-24-20-16-12-8-4)72-92-79(84)66-62-58-54-50-48-44-42-40-38-36-34-32-30-26-22-18-14-10-6-2/h9-10,13-14,19,21-23,25-26,31-34,37-40,43-44,47-48,53,57,75-77,82H,5-8,11-12,15-18,20,24,27-30,35-36,41-42,45-46,49-52,54-56,58-74H2,1-4H3,(H,87,88)(H,89,90)/b13-9-,14-10-,23-19-,25-21-,26-22-,33-31-,34-32-,39-37-,40-38-,47-43-,48-44-,57-53-. The summed E-state index contributed by atoms with van der Waals surface area (Å²) in [6.45, 7) is 4.45. The van der Waals surface area contributed by atoms with Gasteiger partial charge in [0.25, 0.3) is 0 Å². The van der Waals surface area contributed by atoms with Crippen LogP contribution in [0.4, 0.5) is 0 Å². The van der Waals surface area contributed by atoms with Crippen LogP contribution in [0.2, 0.25) is 0 Å². The van der Waals surface area contributed by atoms with Crippen LogP contribution in [-0.2, 0) is 65.4 Å². The van der Waals surface area contributed by atoms with Crippen LogP contribution in [0.5, 0.6) is 0 Å². The van der Waals surface area contributed by atoms with Crippen LogP contribution in [0.3, 0.4) is 0 Å². The Hall–Kier alpha value is -5.06. The van der Waals surface area contributed by atoms with Gasteiger partial charge in [0.05, 0.1) is 26.4 Å². The van der Waals surface area contributed by atoms with Crippen LogP contribution in [-0.4, -0.2) is 96.7 Å². The van der Waals surface area contributed by atoms with Gasteiger partial charge in [0, 0.05) is 25.7 Å². The minimum absolute atomic E-state index is 0.0310. The summed E-state index contributed by atoms with van der Waals surface area (Å²) in [4.78, 5) is 72.7. The first-order valence-electron chi connectivity index (χ1n) is 38.1. The SMILES string of the molecule is CC/C=C\C/C=C\C/C=C\C/C=C\C/C=C\C/C=C\CCC(=O)OCC(COP(=O)(O)OCC(O)COP(=O)(O)OCC(COC(=O)CCCCC/C=C\C/C=C\C/C=C\C/C=C\C/C=C\CC)OC(=O)CCCCCCCCCCCCC)OC(=O)CCCCCCC/C=C\CCCC. The van der Waals surface area contributed by atoms with E-state index in [0.717, 1.165) is 148 Å². The maximum Gasteiger partial charge on any atom is 0.472 e. The maximum atomic E-state index is 13.1. The first-order valence-corrected chi connectivity index (χ1v) is 41.1. The molecule has 0 aliphatic carbocycles. The van der Waals surface area contributed by atoms with Gasteiger partial charge in [-0.15, -0.1) is 0 Å². The number of hydrogen-bond acceptors (Lipinski definition) is 15. The summed E-state index contributed by atoms with van der Waals surface area (Å²) in [6.07, 6.45) is 81.5. The second kappa shape index (κ2) is 72.3. The second-order valence-electron chi connectivity index (χ2n) is 24.8. The monoisotopic (exact) mass is 1440 g/mol. The smallest absolute Gasteiger partial charge is 0.462 e. The quantitative estimate of drug-likeness (QED) is 0.0169. The lowest BCUT2D eigenvalue weighted by molar-refractivity contribution is -0.161. The molecule has 19 heteroatoms. The lowest BCUT2D eigenvalue weighted by Crippen LogP contribution is -2.30. The van der Waals surface area contributed by atoms with E-state index in [2.05, 4.69) is 155 Å². The van der Waals surface area contributed by atoms with Crippen molar-refractivity contribution in [3.8, 4) is 0 Å². The largest absolute Gasteiger partial charge is 0.472 e. The summed E-state index contributed by atoms with van der Waals surface area (Å²) >= 11 is 0. The molecule has 0 rings (SSSR count). The fraction of sp³-hybridized carbons (Fsp3) is 0.654. The molecule has 0 spiro atoms. The molecule has 0 aliphatic rings. The lowest BCUT2D eigenvalue weighted by Gasteiger charge is -2.21. The molecule has 5 unspecified atom stereocenters. The fourth-order valence-electron chi connectivity index (χ4n) is 9.55. The van der Waals surface area contributed by atoms with E-state index in [1.165, 1.54) is 51.4 Å². The molecule has 100 heavy (non-hydrogen) atoms. The third-order valence-electron chi connectivity index (χ3n) is 15.3. The Morgan fingerprint density at radius 2 is 0.550 bits per heavy atom. The minimum atomic E-state index is -4.99. The Morgan fingerprint density at radius 3 is 0.910 bits per heavy atom. The Balaban J connectivity index is 5.38. The highest BCUT2D eigenvalue weighted by Crippen LogP contribution is 2.45. The number of unbranched alkanes of at least 4 members (excludes halogenated alkanes) is 20. The number of phosphoric ester groups is 2. The van der Waals surface area contributed by atoms with Gasteiger partial charge in [0.1, 0.15) is 19.3 Å². The van der Waals surface area contributed by atoms with E-state index in [-0.39, 0.29) is 25.7 Å². The summed E-state index contributed by atoms with van der Waals surface area (Å²) < 4.78 is 68.3. The van der Waals surface area contributed by atoms with Gasteiger partial charge in [-0.3, -0.25) is 37.3 Å². The normalized spacial score (nSPS) is 14.8. The summed E-state index contributed by atoms with van der Waals surface area (Å²) in [6, 6.07) is 0. The van der Waals surface area contributed by atoms with E-state index in [0.29, 0.717) is 32.1 Å². The van der Waals surface area contributed by atoms with Gasteiger partial charge in [-0.25, -0.2) is 9.13 Å². The van der Waals surface area contributed by atoms with Crippen LogP contribution in [0, 0.1) is 0 Å². The Morgan fingerprint density at radius 1 is 0.290 bits per heavy atom. The van der Waals surface area contributed by atoms with Gasteiger partial charge >= 0.3 is 39.5 Å². The van der Waals surface area contributed by atoms with Crippen LogP contribution in [0.25, 0.3) is 0 Å². The van der Waals surface area contributed by atoms with E-state index in [4.69, 9.17) is 37.0 Å². The highest BCUT2D eigenvalue weighted by atomic mass is 31.2. The summed E-state index contributed by atoms with van der Waals surface area (Å²) in [5.74, 6) is -2.32. The number of hydrogen-bond donors (Lipinski definition) is 3. The molecule has 0 radical (unpaired) electrons. The highest BCUT2D eigenvalue weighted by Gasteiger charge is 2.30. The van der Waals surface area contributed by atoms with Gasteiger partial charge in [0.2, 0.25) is 0 Å². The minimum Gasteiger partial charge on any atom is -0.462 e. The Labute approximate surface area is 605 Å². The second-order valence-corrected chi connectivity index (χ2v) is 27.7. The van der Waals surface area contributed by atoms with Crippen molar-refractivity contribution in [3.63, 3.8) is 0 Å². The molecule has 0 amide bonds. The molecule has 0 aromatic rings. The number of carbonyl (C=O) groups excluding carboxylic acids is 4. The molecule has 17 nitrogen and oxygen atoms in total. The van der Waals surface area contributed by atoms with Crippen molar-refractivity contribution in [2.75, 3.05) is 39.6 Å². The molecule has 0 aliphatic heterocycles. The molecule has 0 saturated heterocycles. The number of carbonyl (C=O) groups is 4. The van der Waals surface area contributed by atoms with Gasteiger partial charge in [-0.1, -0.05) is 276 Å². The number of aliphatic hydroxyl groups excluding tert-OH is 1. The van der Waals surface area contributed by atoms with Gasteiger partial charge in [-0.05, 0) is 128 Å². The molecule has 0 aromatic heterocycles. The molecule has 5 atom stereocenters. The molecule has 0 bridgehead atoms. The molecule has 0 heterocycles. The van der Waals surface area contributed by atoms with Crippen molar-refractivity contribution in [1.82, 2.24) is 0 Å². The molecule has 0 aromatic carbocycles. The van der Waals surface area contributed by atoms with Gasteiger partial charge < -0.3 is 33.8 Å². The van der Waals surface area contributed by atoms with Crippen molar-refractivity contribution in [2.45, 2.75) is 303 Å². The summed E-state index contributed by atoms with van der Waals surface area (Å²) in [7, 11) is -9.98. The Kier molecular flexibility index (Phi) is 68.6. The third-order valence-corrected chi connectivity index (χ3v) is 17.2. The van der Waals surface area contributed by atoms with E-state index >= 15 is 0 Å². The van der Waals surface area contributed by atoms with E-state index in [9.17, 15) is 43.2 Å². The zero-order valence-electron chi connectivity index (χ0n) is 62.1. The summed E-state index contributed by atoms with van der Waals surface area (Å²) in [5, 5.41) is 10.6. The molecule has 0 fully saturated rings. The van der Waals surface area contributed by atoms with Gasteiger partial charge in [0.15, 0.2) is 12.2 Å². The number of allylic oxidation sites excluding steroid dienone is 24. The molecule has 3 N–H and O–H groups in total. The molecular formula is C81H134O17P2. The molecular weight excluding hydrogens is 1310 g/mol. The van der Waals surface area contributed by atoms with Crippen molar-refractivity contribution in [3.05, 3.63) is 146 Å². The zero-order valence-corrected chi connectivity index (χ0v) is 63.9. The predicted molar refractivity (Wildman–Crippen MR) is 408 cm³/mol. The van der Waals surface area contributed by atoms with E-state index in [1.54, 1.807) is 0 Å². The van der Waals surface area contributed by atoms with Crippen molar-refractivity contribution in [1.29, 1.82) is 0 Å². The number of aliphatic hydroxyl groups is 1. The van der Waals surface area contributed by atoms with Crippen LogP contribution < -0.4 is 0 Å². The van der Waals surface area contributed by atoms with Crippen molar-refractivity contribution < 1.29 is 80.2 Å². The first kappa shape index (κ1) is 94.9.